The predicted octanol–water partition coefficient (Wildman–Crippen LogP) is 4.18. The summed E-state index contributed by atoms with van der Waals surface area (Å²) in [6, 6.07) is 8.27. The highest BCUT2D eigenvalue weighted by atomic mass is 32.1. The number of alkyl halides is 2. The highest BCUT2D eigenvalue weighted by molar-refractivity contribution is 7.13. The molecule has 0 aliphatic rings. The van der Waals surface area contributed by atoms with Crippen LogP contribution in [0.1, 0.15) is 17.0 Å². The van der Waals surface area contributed by atoms with Gasteiger partial charge in [0.1, 0.15) is 5.76 Å². The van der Waals surface area contributed by atoms with Crippen LogP contribution < -0.4 is 14.8 Å². The van der Waals surface area contributed by atoms with Gasteiger partial charge in [-0.25, -0.2) is 4.98 Å². The highest BCUT2D eigenvalue weighted by Gasteiger charge is 2.13. The molecule has 148 valence electrons. The van der Waals surface area contributed by atoms with E-state index >= 15 is 0 Å². The summed E-state index contributed by atoms with van der Waals surface area (Å²) in [5.41, 5.74) is 1.23. The van der Waals surface area contributed by atoms with Gasteiger partial charge in [-0.2, -0.15) is 8.78 Å². The van der Waals surface area contributed by atoms with Crippen molar-refractivity contribution in [1.29, 1.82) is 0 Å². The molecule has 0 atom stereocenters. The number of amides is 1. The topological polar surface area (TPSA) is 73.6 Å². The number of methoxy groups -OCH3 is 1. The molecule has 2 heterocycles. The number of rotatable bonds is 8. The van der Waals surface area contributed by atoms with Crippen LogP contribution >= 0.6 is 11.3 Å². The van der Waals surface area contributed by atoms with E-state index in [0.29, 0.717) is 22.0 Å². The van der Waals surface area contributed by atoms with Crippen molar-refractivity contribution >= 4 is 17.2 Å². The van der Waals surface area contributed by atoms with Gasteiger partial charge in [0.15, 0.2) is 22.3 Å². The lowest BCUT2D eigenvalue weighted by atomic mass is 10.2. The molecule has 0 spiro atoms. The Bertz CT molecular complexity index is 955. The number of ether oxygens (including phenoxy) is 2. The first-order valence-corrected chi connectivity index (χ1v) is 9.22. The molecule has 3 rings (SSSR count). The Labute approximate surface area is 164 Å². The number of benzene rings is 1. The van der Waals surface area contributed by atoms with Gasteiger partial charge in [-0.15, -0.1) is 11.3 Å². The van der Waals surface area contributed by atoms with E-state index in [4.69, 9.17) is 9.15 Å². The molecule has 28 heavy (non-hydrogen) atoms. The Balaban J connectivity index is 1.58. The Morgan fingerprint density at radius 2 is 2.11 bits per heavy atom. The van der Waals surface area contributed by atoms with Crippen LogP contribution in [-0.2, 0) is 17.8 Å². The van der Waals surface area contributed by atoms with Crippen molar-refractivity contribution in [3.05, 3.63) is 52.7 Å². The number of carbonyl (C=O) groups excluding carboxylic acids is 1. The van der Waals surface area contributed by atoms with E-state index < -0.39 is 6.61 Å². The molecular weight excluding hydrogens is 390 g/mol. The fraction of sp³-hybridized carbons (Fsp3) is 0.263. The summed E-state index contributed by atoms with van der Waals surface area (Å²) in [6.07, 6.45) is 0.104. The molecule has 2 aromatic heterocycles. The van der Waals surface area contributed by atoms with Crippen molar-refractivity contribution in [2.45, 2.75) is 26.5 Å². The smallest absolute Gasteiger partial charge is 0.387 e. The number of hydrogen-bond acceptors (Lipinski definition) is 6. The molecule has 1 N–H and O–H groups in total. The molecule has 0 radical (unpaired) electrons. The van der Waals surface area contributed by atoms with E-state index in [0.717, 1.165) is 5.76 Å². The summed E-state index contributed by atoms with van der Waals surface area (Å²) in [5, 5.41) is 5.25. The minimum atomic E-state index is -2.96. The number of halogens is 2. The molecule has 0 aliphatic heterocycles. The van der Waals surface area contributed by atoms with E-state index in [-0.39, 0.29) is 30.4 Å². The third-order valence-electron chi connectivity index (χ3n) is 3.78. The molecule has 0 unspecified atom stereocenters. The van der Waals surface area contributed by atoms with Gasteiger partial charge in [0, 0.05) is 11.9 Å². The normalized spacial score (nSPS) is 10.9. The lowest BCUT2D eigenvalue weighted by Gasteiger charge is -2.12. The van der Waals surface area contributed by atoms with Crippen LogP contribution in [0.4, 0.5) is 8.78 Å². The zero-order valence-electron chi connectivity index (χ0n) is 15.2. The van der Waals surface area contributed by atoms with Gasteiger partial charge in [-0.05, 0) is 36.8 Å². The van der Waals surface area contributed by atoms with Gasteiger partial charge in [-0.1, -0.05) is 6.07 Å². The largest absolute Gasteiger partial charge is 0.493 e. The van der Waals surface area contributed by atoms with Gasteiger partial charge >= 0.3 is 6.61 Å². The second-order valence-corrected chi connectivity index (χ2v) is 6.73. The molecule has 1 aromatic carbocycles. The minimum absolute atomic E-state index is 0.0814. The average molecular weight is 408 g/mol. The zero-order valence-corrected chi connectivity index (χ0v) is 16.0. The number of aromatic nitrogens is 1. The van der Waals surface area contributed by atoms with Crippen LogP contribution in [0.15, 0.2) is 40.1 Å². The summed E-state index contributed by atoms with van der Waals surface area (Å²) >= 11 is 1.40. The third-order valence-corrected chi connectivity index (χ3v) is 4.68. The molecular formula is C19H18F2N2O4S. The summed E-state index contributed by atoms with van der Waals surface area (Å²) in [4.78, 5) is 16.6. The Morgan fingerprint density at radius 1 is 1.29 bits per heavy atom. The minimum Gasteiger partial charge on any atom is -0.493 e. The molecule has 1 amide bonds. The first-order valence-electron chi connectivity index (χ1n) is 8.34. The second-order valence-electron chi connectivity index (χ2n) is 5.87. The fourth-order valence-corrected chi connectivity index (χ4v) is 3.28. The van der Waals surface area contributed by atoms with Crippen molar-refractivity contribution in [1.82, 2.24) is 10.3 Å². The SMILES string of the molecule is COc1ccc(CNC(=O)Cc2csc(-c3ccc(C)o3)n2)cc1OC(F)F. The first-order chi connectivity index (χ1) is 13.4. The van der Waals surface area contributed by atoms with Crippen molar-refractivity contribution < 1.29 is 27.5 Å². The maximum atomic E-state index is 12.5. The van der Waals surface area contributed by atoms with Crippen LogP contribution in [0.5, 0.6) is 11.5 Å². The summed E-state index contributed by atoms with van der Waals surface area (Å²) in [7, 11) is 1.36. The molecule has 0 fully saturated rings. The van der Waals surface area contributed by atoms with Crippen LogP contribution in [0.3, 0.4) is 0 Å². The van der Waals surface area contributed by atoms with Crippen molar-refractivity contribution in [2.75, 3.05) is 7.11 Å². The van der Waals surface area contributed by atoms with Gasteiger partial charge in [0.25, 0.3) is 0 Å². The van der Waals surface area contributed by atoms with Crippen molar-refractivity contribution in [3.8, 4) is 22.3 Å². The van der Waals surface area contributed by atoms with Gasteiger partial charge < -0.3 is 19.2 Å². The lowest BCUT2D eigenvalue weighted by molar-refractivity contribution is -0.120. The summed E-state index contributed by atoms with van der Waals surface area (Å²) in [6.45, 7) is -0.949. The van der Waals surface area contributed by atoms with E-state index in [1.165, 1.54) is 30.6 Å². The number of hydrogen-bond donors (Lipinski definition) is 1. The zero-order chi connectivity index (χ0) is 20.1. The van der Waals surface area contributed by atoms with Crippen LogP contribution in [0, 0.1) is 6.92 Å². The van der Waals surface area contributed by atoms with Crippen LogP contribution in [0.2, 0.25) is 0 Å². The molecule has 6 nitrogen and oxygen atoms in total. The maximum absolute atomic E-state index is 12.5. The van der Waals surface area contributed by atoms with Crippen LogP contribution in [-0.4, -0.2) is 24.6 Å². The quantitative estimate of drug-likeness (QED) is 0.605. The molecule has 0 saturated carbocycles. The molecule has 0 bridgehead atoms. The molecule has 9 heteroatoms. The number of carbonyl (C=O) groups is 1. The maximum Gasteiger partial charge on any atom is 0.387 e. The van der Waals surface area contributed by atoms with Crippen LogP contribution in [0.25, 0.3) is 10.8 Å². The summed E-state index contributed by atoms with van der Waals surface area (Å²) in [5.74, 6) is 1.33. The number of aryl methyl sites for hydroxylation is 1. The Morgan fingerprint density at radius 3 is 2.79 bits per heavy atom. The number of furan rings is 1. The van der Waals surface area contributed by atoms with E-state index in [2.05, 4.69) is 15.0 Å². The third kappa shape index (κ3) is 5.07. The summed E-state index contributed by atoms with van der Waals surface area (Å²) < 4.78 is 39.9. The number of nitrogens with zero attached hydrogens (tertiary/aromatic N) is 1. The van der Waals surface area contributed by atoms with Crippen molar-refractivity contribution in [2.24, 2.45) is 0 Å². The lowest BCUT2D eigenvalue weighted by Crippen LogP contribution is -2.24. The molecule has 0 aliphatic carbocycles. The molecule has 0 saturated heterocycles. The van der Waals surface area contributed by atoms with Gasteiger partial charge in [-0.3, -0.25) is 4.79 Å². The highest BCUT2D eigenvalue weighted by Crippen LogP contribution is 2.29. The van der Waals surface area contributed by atoms with Gasteiger partial charge in [0.2, 0.25) is 5.91 Å². The number of thiazole rings is 1. The first kappa shape index (κ1) is 19.8. The van der Waals surface area contributed by atoms with E-state index in [1.807, 2.05) is 19.1 Å². The standard InChI is InChI=1S/C19H18F2N2O4S/c1-11-3-5-15(26-11)18-23-13(10-28-18)8-17(24)22-9-12-4-6-14(25-2)16(7-12)27-19(20)21/h3-7,10,19H,8-9H2,1-2H3,(H,22,24). The Kier molecular flexibility index (Phi) is 6.25. The molecule has 3 aromatic rings. The average Bonchev–Trinajstić information content (AvgIpc) is 3.28. The van der Waals surface area contributed by atoms with E-state index in [9.17, 15) is 13.6 Å². The Hall–Kier alpha value is -2.94. The van der Waals surface area contributed by atoms with E-state index in [1.54, 1.807) is 11.4 Å². The fourth-order valence-electron chi connectivity index (χ4n) is 2.50. The second kappa shape index (κ2) is 8.83. The van der Waals surface area contributed by atoms with Crippen molar-refractivity contribution in [3.63, 3.8) is 0 Å². The monoisotopic (exact) mass is 408 g/mol. The van der Waals surface area contributed by atoms with Gasteiger partial charge in [0.05, 0.1) is 19.2 Å². The number of nitrogens with one attached hydrogen (secondary N) is 1. The predicted molar refractivity (Wildman–Crippen MR) is 99.7 cm³/mol.